The van der Waals surface area contributed by atoms with Crippen LogP contribution in [0.3, 0.4) is 0 Å². The van der Waals surface area contributed by atoms with Crippen LogP contribution >= 0.6 is 27.5 Å². The first-order chi connectivity index (χ1) is 10.8. The summed E-state index contributed by atoms with van der Waals surface area (Å²) in [5.41, 5.74) is 0.598. The molecule has 23 heavy (non-hydrogen) atoms. The average molecular weight is 426 g/mol. The van der Waals surface area contributed by atoms with Crippen molar-refractivity contribution in [2.45, 2.75) is 19.4 Å². The zero-order valence-corrected chi connectivity index (χ0v) is 15.7. The highest BCUT2D eigenvalue weighted by Gasteiger charge is 2.28. The van der Waals surface area contributed by atoms with Crippen LogP contribution < -0.4 is 15.4 Å². The molecule has 0 aliphatic carbocycles. The molecule has 2 N–H and O–H groups in total. The first kappa shape index (κ1) is 18.4. The van der Waals surface area contributed by atoms with E-state index < -0.39 is 9.84 Å². The molecule has 128 valence electrons. The van der Waals surface area contributed by atoms with Gasteiger partial charge in [-0.15, -0.1) is 0 Å². The third-order valence-corrected chi connectivity index (χ3v) is 5.91. The van der Waals surface area contributed by atoms with Gasteiger partial charge in [0, 0.05) is 11.1 Å². The van der Waals surface area contributed by atoms with E-state index in [2.05, 4.69) is 26.6 Å². The Hall–Kier alpha value is -0.990. The summed E-state index contributed by atoms with van der Waals surface area (Å²) in [4.78, 5) is 12.0. The SMILES string of the molecule is CCOc1c(Br)cc(Cl)cc1NCC(=O)N[C@H]1CCS(=O)(=O)C1. The van der Waals surface area contributed by atoms with Gasteiger partial charge in [0.1, 0.15) is 0 Å². The number of rotatable bonds is 6. The van der Waals surface area contributed by atoms with Crippen molar-refractivity contribution in [2.75, 3.05) is 30.0 Å². The van der Waals surface area contributed by atoms with Crippen LogP contribution in [0.4, 0.5) is 5.69 Å². The van der Waals surface area contributed by atoms with Gasteiger partial charge < -0.3 is 15.4 Å². The lowest BCUT2D eigenvalue weighted by Crippen LogP contribution is -2.39. The number of ether oxygens (including phenoxy) is 1. The van der Waals surface area contributed by atoms with Crippen molar-refractivity contribution in [2.24, 2.45) is 0 Å². The van der Waals surface area contributed by atoms with Crippen molar-refractivity contribution < 1.29 is 17.9 Å². The van der Waals surface area contributed by atoms with Gasteiger partial charge in [-0.3, -0.25) is 4.79 Å². The van der Waals surface area contributed by atoms with Gasteiger partial charge in [0.05, 0.1) is 34.8 Å². The summed E-state index contributed by atoms with van der Waals surface area (Å²) >= 11 is 9.39. The minimum absolute atomic E-state index is 0.00338. The molecule has 6 nitrogen and oxygen atoms in total. The Kier molecular flexibility index (Phi) is 6.16. The second-order valence-electron chi connectivity index (χ2n) is 5.22. The molecule has 1 amide bonds. The minimum atomic E-state index is -3.01. The first-order valence-corrected chi connectivity index (χ1v) is 10.2. The number of amides is 1. The lowest BCUT2D eigenvalue weighted by Gasteiger charge is -2.16. The Bertz CT molecular complexity index is 696. The fourth-order valence-electron chi connectivity index (χ4n) is 2.35. The molecule has 0 radical (unpaired) electrons. The number of nitrogens with one attached hydrogen (secondary N) is 2. The number of carbonyl (C=O) groups excluding carboxylic acids is 1. The zero-order valence-electron chi connectivity index (χ0n) is 12.6. The lowest BCUT2D eigenvalue weighted by atomic mass is 10.2. The molecule has 1 atom stereocenters. The number of carbonyl (C=O) groups is 1. The Morgan fingerprint density at radius 3 is 2.83 bits per heavy atom. The van der Waals surface area contributed by atoms with Crippen molar-refractivity contribution in [1.29, 1.82) is 0 Å². The number of hydrogen-bond donors (Lipinski definition) is 2. The molecule has 1 aromatic carbocycles. The Balaban J connectivity index is 1.96. The summed E-state index contributed by atoms with van der Waals surface area (Å²) in [7, 11) is -3.01. The molecule has 1 heterocycles. The lowest BCUT2D eigenvalue weighted by molar-refractivity contribution is -0.119. The number of sulfone groups is 1. The molecule has 1 fully saturated rings. The van der Waals surface area contributed by atoms with Gasteiger partial charge in [-0.2, -0.15) is 0 Å². The van der Waals surface area contributed by atoms with E-state index in [0.29, 0.717) is 34.0 Å². The summed E-state index contributed by atoms with van der Waals surface area (Å²) in [6.45, 7) is 2.34. The monoisotopic (exact) mass is 424 g/mol. The molecule has 1 aliphatic rings. The quantitative estimate of drug-likeness (QED) is 0.730. The van der Waals surface area contributed by atoms with Gasteiger partial charge in [-0.25, -0.2) is 8.42 Å². The minimum Gasteiger partial charge on any atom is -0.491 e. The van der Waals surface area contributed by atoms with Crippen LogP contribution in [0.15, 0.2) is 16.6 Å². The van der Waals surface area contributed by atoms with Gasteiger partial charge in [-0.1, -0.05) is 11.6 Å². The van der Waals surface area contributed by atoms with E-state index in [9.17, 15) is 13.2 Å². The average Bonchev–Trinajstić information content (AvgIpc) is 2.79. The Morgan fingerprint density at radius 1 is 1.48 bits per heavy atom. The van der Waals surface area contributed by atoms with Crippen LogP contribution in [0.2, 0.25) is 5.02 Å². The number of anilines is 1. The van der Waals surface area contributed by atoms with Crippen molar-refractivity contribution in [3.05, 3.63) is 21.6 Å². The normalized spacial score (nSPS) is 19.3. The predicted octanol–water partition coefficient (Wildman–Crippen LogP) is 2.22. The number of hydrogen-bond acceptors (Lipinski definition) is 5. The molecule has 1 aliphatic heterocycles. The molecule has 0 saturated carbocycles. The molecule has 1 saturated heterocycles. The maximum absolute atomic E-state index is 12.0. The highest BCUT2D eigenvalue weighted by Crippen LogP contribution is 2.36. The molecule has 0 unspecified atom stereocenters. The Morgan fingerprint density at radius 2 is 2.22 bits per heavy atom. The second kappa shape index (κ2) is 7.72. The van der Waals surface area contributed by atoms with Gasteiger partial charge in [0.15, 0.2) is 15.6 Å². The first-order valence-electron chi connectivity index (χ1n) is 7.16. The smallest absolute Gasteiger partial charge is 0.239 e. The molecular formula is C14H18BrClN2O4S. The van der Waals surface area contributed by atoms with E-state index in [0.717, 1.165) is 0 Å². The summed E-state index contributed by atoms with van der Waals surface area (Å²) in [5, 5.41) is 6.20. The number of benzene rings is 1. The van der Waals surface area contributed by atoms with E-state index in [1.165, 1.54) is 0 Å². The maximum atomic E-state index is 12.0. The summed E-state index contributed by atoms with van der Waals surface area (Å²) in [5.74, 6) is 0.436. The van der Waals surface area contributed by atoms with E-state index >= 15 is 0 Å². The fraction of sp³-hybridized carbons (Fsp3) is 0.500. The van der Waals surface area contributed by atoms with Crippen LogP contribution in [-0.4, -0.2) is 45.0 Å². The second-order valence-corrected chi connectivity index (χ2v) is 8.74. The van der Waals surface area contributed by atoms with Crippen LogP contribution in [0, 0.1) is 0 Å². The highest BCUT2D eigenvalue weighted by atomic mass is 79.9. The van der Waals surface area contributed by atoms with Crippen LogP contribution in [0.25, 0.3) is 0 Å². The maximum Gasteiger partial charge on any atom is 0.239 e. The van der Waals surface area contributed by atoms with Gasteiger partial charge >= 0.3 is 0 Å². The molecule has 0 bridgehead atoms. The third-order valence-electron chi connectivity index (χ3n) is 3.33. The number of halogens is 2. The van der Waals surface area contributed by atoms with Crippen molar-refractivity contribution >= 4 is 49.0 Å². The summed E-state index contributed by atoms with van der Waals surface area (Å²) < 4.78 is 29.0. The van der Waals surface area contributed by atoms with Gasteiger partial charge in [0.2, 0.25) is 5.91 Å². The molecule has 0 aromatic heterocycles. The van der Waals surface area contributed by atoms with Gasteiger partial charge in [0.25, 0.3) is 0 Å². The fourth-order valence-corrected chi connectivity index (χ4v) is 4.94. The summed E-state index contributed by atoms with van der Waals surface area (Å²) in [6, 6.07) is 3.07. The summed E-state index contributed by atoms with van der Waals surface area (Å²) in [6.07, 6.45) is 0.459. The topological polar surface area (TPSA) is 84.5 Å². The van der Waals surface area contributed by atoms with E-state index in [4.69, 9.17) is 16.3 Å². The molecular weight excluding hydrogens is 408 g/mol. The molecule has 1 aromatic rings. The van der Waals surface area contributed by atoms with Crippen molar-refractivity contribution in [1.82, 2.24) is 5.32 Å². The predicted molar refractivity (Wildman–Crippen MR) is 94.0 cm³/mol. The largest absolute Gasteiger partial charge is 0.491 e. The molecule has 9 heteroatoms. The van der Waals surface area contributed by atoms with Crippen LogP contribution in [0.1, 0.15) is 13.3 Å². The zero-order chi connectivity index (χ0) is 17.0. The van der Waals surface area contributed by atoms with Crippen LogP contribution in [-0.2, 0) is 14.6 Å². The third kappa shape index (κ3) is 5.26. The van der Waals surface area contributed by atoms with E-state index in [1.807, 2.05) is 6.92 Å². The van der Waals surface area contributed by atoms with Crippen molar-refractivity contribution in [3.63, 3.8) is 0 Å². The highest BCUT2D eigenvalue weighted by molar-refractivity contribution is 9.10. The van der Waals surface area contributed by atoms with Crippen molar-refractivity contribution in [3.8, 4) is 5.75 Å². The van der Waals surface area contributed by atoms with E-state index in [-0.39, 0.29) is 30.0 Å². The van der Waals surface area contributed by atoms with E-state index in [1.54, 1.807) is 12.1 Å². The molecule has 0 spiro atoms. The van der Waals surface area contributed by atoms with Crippen LogP contribution in [0.5, 0.6) is 5.75 Å². The molecule has 2 rings (SSSR count). The Labute approximate surface area is 149 Å². The van der Waals surface area contributed by atoms with Gasteiger partial charge in [-0.05, 0) is 41.4 Å². The standard InChI is InChI=1S/C14H18BrClN2O4S/c1-2-22-14-11(15)5-9(16)6-12(14)17-7-13(19)18-10-3-4-23(20,21)8-10/h5-6,10,17H,2-4,7-8H2,1H3,(H,18,19)/t10-/m0/s1.